The number of hydrogen-bond acceptors (Lipinski definition) is 0. The molecule has 0 aromatic heterocycles. The van der Waals surface area contributed by atoms with Gasteiger partial charge in [0.25, 0.3) is 0 Å². The Balaban J connectivity index is 2.31. The molecule has 2 aliphatic rings. The first-order valence-corrected chi connectivity index (χ1v) is 6.29. The van der Waals surface area contributed by atoms with Crippen LogP contribution in [0.25, 0.3) is 5.57 Å². The Morgan fingerprint density at radius 1 is 1.12 bits per heavy atom. The molecule has 0 saturated carbocycles. The molecular formula is C17H18. The van der Waals surface area contributed by atoms with E-state index >= 15 is 0 Å². The second kappa shape index (κ2) is 3.46. The van der Waals surface area contributed by atoms with Crippen LogP contribution in [0, 0.1) is 0 Å². The highest BCUT2D eigenvalue weighted by atomic mass is 14.4. The van der Waals surface area contributed by atoms with Crippen molar-refractivity contribution < 1.29 is 0 Å². The Bertz CT molecular complexity index is 565. The summed E-state index contributed by atoms with van der Waals surface area (Å²) in [6.45, 7) is 6.88. The van der Waals surface area contributed by atoms with Crippen LogP contribution in [-0.4, -0.2) is 0 Å². The molecule has 0 unspecified atom stereocenters. The van der Waals surface area contributed by atoms with E-state index in [0.717, 1.165) is 6.42 Å². The van der Waals surface area contributed by atoms with Crippen LogP contribution < -0.4 is 0 Å². The summed E-state index contributed by atoms with van der Waals surface area (Å²) in [4.78, 5) is 0. The van der Waals surface area contributed by atoms with E-state index in [9.17, 15) is 0 Å². The molecule has 0 nitrogen and oxygen atoms in total. The topological polar surface area (TPSA) is 0 Å². The van der Waals surface area contributed by atoms with Crippen LogP contribution in [0.4, 0.5) is 0 Å². The van der Waals surface area contributed by atoms with Gasteiger partial charge in [-0.25, -0.2) is 0 Å². The fourth-order valence-electron chi connectivity index (χ4n) is 3.00. The fourth-order valence-corrected chi connectivity index (χ4v) is 3.00. The maximum Gasteiger partial charge on any atom is 0.0158 e. The summed E-state index contributed by atoms with van der Waals surface area (Å²) in [6.07, 6.45) is 8.04. The first-order chi connectivity index (χ1) is 8.10. The molecule has 0 heterocycles. The van der Waals surface area contributed by atoms with Crippen LogP contribution in [0.1, 0.15) is 38.3 Å². The van der Waals surface area contributed by atoms with Crippen molar-refractivity contribution in [2.24, 2.45) is 0 Å². The van der Waals surface area contributed by atoms with Crippen molar-refractivity contribution in [1.29, 1.82) is 0 Å². The van der Waals surface area contributed by atoms with Gasteiger partial charge in [0.1, 0.15) is 0 Å². The van der Waals surface area contributed by atoms with Gasteiger partial charge in [-0.15, -0.1) is 0 Å². The lowest BCUT2D eigenvalue weighted by Crippen LogP contribution is -2.16. The molecule has 1 aromatic carbocycles. The van der Waals surface area contributed by atoms with E-state index in [1.807, 2.05) is 0 Å². The van der Waals surface area contributed by atoms with Gasteiger partial charge in [0.05, 0.1) is 0 Å². The third-order valence-electron chi connectivity index (χ3n) is 3.97. The molecule has 17 heavy (non-hydrogen) atoms. The summed E-state index contributed by atoms with van der Waals surface area (Å²) in [5, 5.41) is 0. The number of fused-ring (bicyclic) bond motifs is 2. The summed E-state index contributed by atoms with van der Waals surface area (Å²) in [7, 11) is 0. The molecule has 0 fully saturated rings. The highest BCUT2D eigenvalue weighted by Crippen LogP contribution is 2.48. The van der Waals surface area contributed by atoms with Crippen LogP contribution in [0.2, 0.25) is 0 Å². The Morgan fingerprint density at radius 2 is 1.88 bits per heavy atom. The smallest absolute Gasteiger partial charge is 0.0158 e. The minimum absolute atomic E-state index is 0.141. The van der Waals surface area contributed by atoms with Gasteiger partial charge < -0.3 is 0 Å². The van der Waals surface area contributed by atoms with Gasteiger partial charge in [0.15, 0.2) is 0 Å². The van der Waals surface area contributed by atoms with E-state index in [4.69, 9.17) is 0 Å². The standard InChI is InChI=1S/C17H18/c1-12-7-6-9-14-13-8-4-5-10-15(13)17(2,3)16(14)11-12/h4-6,8-11H,7H2,1-3H3. The Labute approximate surface area is 103 Å². The zero-order valence-corrected chi connectivity index (χ0v) is 10.7. The molecule has 0 saturated heterocycles. The van der Waals surface area contributed by atoms with E-state index in [2.05, 4.69) is 63.3 Å². The average molecular weight is 222 g/mol. The summed E-state index contributed by atoms with van der Waals surface area (Å²) in [6, 6.07) is 8.80. The lowest BCUT2D eigenvalue weighted by atomic mass is 9.80. The van der Waals surface area contributed by atoms with Gasteiger partial charge in [-0.05, 0) is 35.6 Å². The minimum atomic E-state index is 0.141. The van der Waals surface area contributed by atoms with Crippen molar-refractivity contribution in [3.05, 3.63) is 64.8 Å². The third kappa shape index (κ3) is 1.44. The van der Waals surface area contributed by atoms with Crippen molar-refractivity contribution in [1.82, 2.24) is 0 Å². The van der Waals surface area contributed by atoms with Gasteiger partial charge in [0, 0.05) is 5.41 Å². The molecule has 0 atom stereocenters. The van der Waals surface area contributed by atoms with Crippen LogP contribution >= 0.6 is 0 Å². The second-order valence-electron chi connectivity index (χ2n) is 5.60. The van der Waals surface area contributed by atoms with Crippen LogP contribution in [0.15, 0.2) is 53.6 Å². The number of rotatable bonds is 0. The average Bonchev–Trinajstić information content (AvgIpc) is 2.45. The highest BCUT2D eigenvalue weighted by Gasteiger charge is 2.35. The molecule has 0 heteroatoms. The predicted molar refractivity (Wildman–Crippen MR) is 73.9 cm³/mol. The monoisotopic (exact) mass is 222 g/mol. The summed E-state index contributed by atoms with van der Waals surface area (Å²) < 4.78 is 0. The van der Waals surface area contributed by atoms with Crippen molar-refractivity contribution >= 4 is 5.57 Å². The predicted octanol–water partition coefficient (Wildman–Crippen LogP) is 4.64. The number of benzene rings is 1. The largest absolute Gasteiger partial charge is 0.0798 e. The maximum atomic E-state index is 2.38. The Morgan fingerprint density at radius 3 is 2.71 bits per heavy atom. The van der Waals surface area contributed by atoms with Gasteiger partial charge in [-0.3, -0.25) is 0 Å². The summed E-state index contributed by atoms with van der Waals surface area (Å²) in [5.74, 6) is 0. The Hall–Kier alpha value is -1.56. The SMILES string of the molecule is CC1=CC2=C(C=CC1)c1ccccc1C2(C)C. The van der Waals surface area contributed by atoms with Crippen LogP contribution in [-0.2, 0) is 5.41 Å². The van der Waals surface area contributed by atoms with Crippen molar-refractivity contribution in [2.45, 2.75) is 32.6 Å². The molecule has 86 valence electrons. The zero-order valence-electron chi connectivity index (χ0n) is 10.7. The number of hydrogen-bond donors (Lipinski definition) is 0. The second-order valence-corrected chi connectivity index (χ2v) is 5.60. The quantitative estimate of drug-likeness (QED) is 0.600. The lowest BCUT2D eigenvalue weighted by Gasteiger charge is -2.23. The zero-order chi connectivity index (χ0) is 12.0. The maximum absolute atomic E-state index is 2.38. The van der Waals surface area contributed by atoms with Crippen molar-refractivity contribution in [2.75, 3.05) is 0 Å². The van der Waals surface area contributed by atoms with Gasteiger partial charge >= 0.3 is 0 Å². The van der Waals surface area contributed by atoms with Gasteiger partial charge in [-0.1, -0.05) is 61.9 Å². The van der Waals surface area contributed by atoms with Gasteiger partial charge in [-0.2, -0.15) is 0 Å². The molecular weight excluding hydrogens is 204 g/mol. The first-order valence-electron chi connectivity index (χ1n) is 6.29. The highest BCUT2D eigenvalue weighted by molar-refractivity contribution is 5.88. The third-order valence-corrected chi connectivity index (χ3v) is 3.97. The molecule has 0 radical (unpaired) electrons. The van der Waals surface area contributed by atoms with E-state index in [0.29, 0.717) is 0 Å². The lowest BCUT2D eigenvalue weighted by molar-refractivity contribution is 0.653. The van der Waals surface area contributed by atoms with Crippen LogP contribution in [0.3, 0.4) is 0 Å². The molecule has 0 spiro atoms. The fraction of sp³-hybridized carbons (Fsp3) is 0.294. The van der Waals surface area contributed by atoms with Crippen molar-refractivity contribution in [3.63, 3.8) is 0 Å². The van der Waals surface area contributed by atoms with E-state index in [1.54, 1.807) is 0 Å². The molecule has 0 aliphatic heterocycles. The summed E-state index contributed by atoms with van der Waals surface area (Å²) in [5.41, 5.74) is 7.36. The first kappa shape index (κ1) is 10.6. The van der Waals surface area contributed by atoms with E-state index in [-0.39, 0.29) is 5.41 Å². The van der Waals surface area contributed by atoms with E-state index in [1.165, 1.54) is 27.8 Å². The molecule has 0 N–H and O–H groups in total. The molecule has 3 rings (SSSR count). The van der Waals surface area contributed by atoms with Gasteiger partial charge in [0.2, 0.25) is 0 Å². The number of allylic oxidation sites excluding steroid dienone is 6. The molecule has 2 aliphatic carbocycles. The minimum Gasteiger partial charge on any atom is -0.0798 e. The Kier molecular flexibility index (Phi) is 2.16. The molecule has 0 bridgehead atoms. The van der Waals surface area contributed by atoms with Crippen molar-refractivity contribution in [3.8, 4) is 0 Å². The normalized spacial score (nSPS) is 20.8. The molecule has 1 aromatic rings. The van der Waals surface area contributed by atoms with E-state index < -0.39 is 0 Å². The molecule has 0 amide bonds. The van der Waals surface area contributed by atoms with Crippen LogP contribution in [0.5, 0.6) is 0 Å². The summed E-state index contributed by atoms with van der Waals surface area (Å²) >= 11 is 0.